The molecule has 1 N–H and O–H groups in total. The molecule has 0 radical (unpaired) electrons. The van der Waals surface area contributed by atoms with E-state index in [1.165, 1.54) is 11.1 Å². The van der Waals surface area contributed by atoms with Crippen LogP contribution in [0.5, 0.6) is 0 Å². The molecule has 1 atom stereocenters. The van der Waals surface area contributed by atoms with Crippen LogP contribution in [0.2, 0.25) is 0 Å². The molecular weight excluding hydrogens is 328 g/mol. The van der Waals surface area contributed by atoms with Crippen molar-refractivity contribution < 1.29 is 9.53 Å². The molecule has 0 saturated carbocycles. The Morgan fingerprint density at radius 3 is 3.04 bits per heavy atom. The van der Waals surface area contributed by atoms with Gasteiger partial charge >= 0.3 is 6.03 Å². The van der Waals surface area contributed by atoms with Crippen molar-refractivity contribution >= 4 is 11.7 Å². The second kappa shape index (κ2) is 5.85. The Kier molecular flexibility index (Phi) is 3.46. The first-order valence-corrected chi connectivity index (χ1v) is 8.91. The first kappa shape index (κ1) is 15.4. The molecule has 0 bridgehead atoms. The first-order chi connectivity index (χ1) is 12.7. The van der Waals surface area contributed by atoms with Gasteiger partial charge in [-0.1, -0.05) is 30.3 Å². The van der Waals surface area contributed by atoms with Crippen LogP contribution in [0.4, 0.5) is 4.79 Å². The Balaban J connectivity index is 1.26. The van der Waals surface area contributed by atoms with Gasteiger partial charge < -0.3 is 19.4 Å². The van der Waals surface area contributed by atoms with Crippen LogP contribution in [0.15, 0.2) is 54.9 Å². The molecule has 1 unspecified atom stereocenters. The summed E-state index contributed by atoms with van der Waals surface area (Å²) in [7, 11) is 0. The maximum Gasteiger partial charge on any atom is 0.317 e. The number of nitrogens with one attached hydrogen (secondary N) is 1. The third kappa shape index (κ3) is 2.45. The second-order valence-electron chi connectivity index (χ2n) is 6.97. The number of pyridine rings is 1. The molecule has 4 heterocycles. The van der Waals surface area contributed by atoms with Gasteiger partial charge in [0.15, 0.2) is 0 Å². The number of imidazole rings is 1. The van der Waals surface area contributed by atoms with Crippen molar-refractivity contribution in [1.82, 2.24) is 19.6 Å². The zero-order valence-corrected chi connectivity index (χ0v) is 14.4. The standard InChI is InChI=1S/C20H20N4O2/c25-19(21-11-16-12-23-9-4-3-7-18(23)22-16)24-10-8-20(14-24)17-6-2-1-5-15(17)13-26-20/h1-7,9,12H,8,10-11,13-14H2,(H,21,25). The Morgan fingerprint density at radius 1 is 1.23 bits per heavy atom. The van der Waals surface area contributed by atoms with Crippen LogP contribution < -0.4 is 5.32 Å². The number of aromatic nitrogens is 2. The number of urea groups is 1. The SMILES string of the molecule is O=C(NCc1cn2ccccc2n1)N1CCC2(C1)OCc1ccccc12. The smallest absolute Gasteiger partial charge is 0.317 e. The molecule has 2 aromatic heterocycles. The van der Waals surface area contributed by atoms with E-state index in [0.29, 0.717) is 26.2 Å². The Morgan fingerprint density at radius 2 is 2.12 bits per heavy atom. The van der Waals surface area contributed by atoms with Crippen LogP contribution in [0.25, 0.3) is 5.65 Å². The highest BCUT2D eigenvalue weighted by Gasteiger charge is 2.46. The molecule has 3 aromatic rings. The van der Waals surface area contributed by atoms with E-state index in [-0.39, 0.29) is 11.6 Å². The van der Waals surface area contributed by atoms with Crippen LogP contribution in [0, 0.1) is 0 Å². The van der Waals surface area contributed by atoms with Crippen molar-refractivity contribution in [2.45, 2.75) is 25.2 Å². The van der Waals surface area contributed by atoms with Gasteiger partial charge in [-0.25, -0.2) is 9.78 Å². The highest BCUT2D eigenvalue weighted by atomic mass is 16.5. The number of hydrogen-bond donors (Lipinski definition) is 1. The van der Waals surface area contributed by atoms with Crippen molar-refractivity contribution in [3.8, 4) is 0 Å². The highest BCUT2D eigenvalue weighted by Crippen LogP contribution is 2.43. The summed E-state index contributed by atoms with van der Waals surface area (Å²) >= 11 is 0. The number of nitrogens with zero attached hydrogens (tertiary/aromatic N) is 3. The van der Waals surface area contributed by atoms with Crippen LogP contribution in [0.1, 0.15) is 23.2 Å². The fourth-order valence-corrected chi connectivity index (χ4v) is 4.03. The molecule has 2 aliphatic heterocycles. The maximum atomic E-state index is 12.6. The van der Waals surface area contributed by atoms with Crippen molar-refractivity contribution in [3.05, 3.63) is 71.7 Å². The van der Waals surface area contributed by atoms with E-state index in [4.69, 9.17) is 4.74 Å². The predicted octanol–water partition coefficient (Wildman–Crippen LogP) is 2.68. The lowest BCUT2D eigenvalue weighted by atomic mass is 9.92. The Bertz CT molecular complexity index is 950. The summed E-state index contributed by atoms with van der Waals surface area (Å²) in [5.74, 6) is 0. The largest absolute Gasteiger partial charge is 0.364 e. The van der Waals surface area contributed by atoms with Crippen molar-refractivity contribution in [3.63, 3.8) is 0 Å². The lowest BCUT2D eigenvalue weighted by Gasteiger charge is -2.24. The summed E-state index contributed by atoms with van der Waals surface area (Å²) in [5.41, 5.74) is 3.86. The molecular formula is C20H20N4O2. The van der Waals surface area contributed by atoms with Gasteiger partial charge in [0.25, 0.3) is 0 Å². The van der Waals surface area contributed by atoms with Crippen molar-refractivity contribution in [2.75, 3.05) is 13.1 Å². The lowest BCUT2D eigenvalue weighted by Crippen LogP contribution is -2.40. The van der Waals surface area contributed by atoms with E-state index >= 15 is 0 Å². The molecule has 1 spiro atoms. The number of carbonyl (C=O) groups excluding carboxylic acids is 1. The van der Waals surface area contributed by atoms with Gasteiger partial charge in [0, 0.05) is 25.4 Å². The fraction of sp³-hybridized carbons (Fsp3) is 0.300. The number of carbonyl (C=O) groups is 1. The molecule has 6 heteroatoms. The zero-order chi connectivity index (χ0) is 17.6. The highest BCUT2D eigenvalue weighted by molar-refractivity contribution is 5.74. The van der Waals surface area contributed by atoms with E-state index in [1.54, 1.807) is 0 Å². The molecule has 0 aliphatic carbocycles. The molecule has 5 rings (SSSR count). The van der Waals surface area contributed by atoms with Crippen LogP contribution >= 0.6 is 0 Å². The fourth-order valence-electron chi connectivity index (χ4n) is 4.03. The normalized spacial score (nSPS) is 21.5. The molecule has 1 aromatic carbocycles. The lowest BCUT2D eigenvalue weighted by molar-refractivity contribution is -0.0272. The maximum absolute atomic E-state index is 12.6. The van der Waals surface area contributed by atoms with Gasteiger partial charge in [0.1, 0.15) is 11.2 Å². The first-order valence-electron chi connectivity index (χ1n) is 8.91. The number of benzene rings is 1. The number of likely N-dealkylation sites (tertiary alicyclic amines) is 1. The van der Waals surface area contributed by atoms with E-state index in [1.807, 2.05) is 52.0 Å². The zero-order valence-electron chi connectivity index (χ0n) is 14.4. The minimum absolute atomic E-state index is 0.0630. The molecule has 6 nitrogen and oxygen atoms in total. The monoisotopic (exact) mass is 348 g/mol. The van der Waals surface area contributed by atoms with Gasteiger partial charge in [0.05, 0.1) is 25.4 Å². The predicted molar refractivity (Wildman–Crippen MR) is 96.5 cm³/mol. The summed E-state index contributed by atoms with van der Waals surface area (Å²) < 4.78 is 8.07. The summed E-state index contributed by atoms with van der Waals surface area (Å²) in [5, 5.41) is 2.99. The van der Waals surface area contributed by atoms with Crippen molar-refractivity contribution in [1.29, 1.82) is 0 Å². The van der Waals surface area contributed by atoms with Crippen LogP contribution in [-0.2, 0) is 23.5 Å². The third-order valence-corrected chi connectivity index (χ3v) is 5.37. The molecule has 26 heavy (non-hydrogen) atoms. The minimum Gasteiger partial charge on any atom is -0.364 e. The molecule has 2 amide bonds. The topological polar surface area (TPSA) is 58.9 Å². The molecule has 132 valence electrons. The van der Waals surface area contributed by atoms with Gasteiger partial charge in [-0.05, 0) is 23.3 Å². The molecule has 1 saturated heterocycles. The van der Waals surface area contributed by atoms with Crippen molar-refractivity contribution in [2.24, 2.45) is 0 Å². The summed E-state index contributed by atoms with van der Waals surface area (Å²) in [6.07, 6.45) is 4.73. The van der Waals surface area contributed by atoms with Gasteiger partial charge in [-0.3, -0.25) is 0 Å². The van der Waals surface area contributed by atoms with Crippen LogP contribution in [-0.4, -0.2) is 33.4 Å². The quantitative estimate of drug-likeness (QED) is 0.775. The van der Waals surface area contributed by atoms with E-state index in [2.05, 4.69) is 22.4 Å². The van der Waals surface area contributed by atoms with E-state index in [0.717, 1.165) is 17.8 Å². The van der Waals surface area contributed by atoms with Crippen LogP contribution in [0.3, 0.4) is 0 Å². The molecule has 2 aliphatic rings. The number of hydrogen-bond acceptors (Lipinski definition) is 3. The van der Waals surface area contributed by atoms with E-state index in [9.17, 15) is 4.79 Å². The number of fused-ring (bicyclic) bond motifs is 3. The van der Waals surface area contributed by atoms with Gasteiger partial charge in [-0.2, -0.15) is 0 Å². The van der Waals surface area contributed by atoms with Gasteiger partial charge in [0.2, 0.25) is 0 Å². The average molecular weight is 348 g/mol. The summed E-state index contributed by atoms with van der Waals surface area (Å²) in [6.45, 7) is 2.35. The van der Waals surface area contributed by atoms with E-state index < -0.39 is 0 Å². The van der Waals surface area contributed by atoms with Gasteiger partial charge in [-0.15, -0.1) is 0 Å². The Hall–Kier alpha value is -2.86. The summed E-state index contributed by atoms with van der Waals surface area (Å²) in [6, 6.07) is 14.1. The second-order valence-corrected chi connectivity index (χ2v) is 6.97. The Labute approximate surface area is 151 Å². The average Bonchev–Trinajstić information content (AvgIpc) is 3.38. The number of rotatable bonds is 2. The molecule has 1 fully saturated rings. The third-order valence-electron chi connectivity index (χ3n) is 5.37. The number of amides is 2. The minimum atomic E-state index is -0.336. The summed E-state index contributed by atoms with van der Waals surface area (Å²) in [4.78, 5) is 19.0. The number of ether oxygens (including phenoxy) is 1.